The van der Waals surface area contributed by atoms with Crippen molar-refractivity contribution in [3.05, 3.63) is 59.9 Å². The highest BCUT2D eigenvalue weighted by Gasteiger charge is 2.26. The fourth-order valence-electron chi connectivity index (χ4n) is 4.22. The van der Waals surface area contributed by atoms with Crippen LogP contribution in [0, 0.1) is 0 Å². The number of nitrogens with one attached hydrogen (secondary N) is 1. The van der Waals surface area contributed by atoms with Gasteiger partial charge in [-0.1, -0.05) is 18.2 Å². The molecular weight excluding hydrogens is 352 g/mol. The molecule has 5 rings (SSSR count). The minimum Gasteiger partial charge on any atom is -0.460 e. The van der Waals surface area contributed by atoms with Gasteiger partial charge in [-0.3, -0.25) is 0 Å². The Morgan fingerprint density at radius 1 is 1.04 bits per heavy atom. The fraction of sp³-hybridized carbons (Fsp3) is 0.304. The molecule has 0 aliphatic carbocycles. The van der Waals surface area contributed by atoms with Crippen LogP contribution in [-0.2, 0) is 0 Å². The third-order valence-corrected chi connectivity index (χ3v) is 5.45. The number of anilines is 1. The second-order valence-electron chi connectivity index (χ2n) is 7.81. The van der Waals surface area contributed by atoms with Crippen molar-refractivity contribution < 1.29 is 14.3 Å². The number of hydrogen-bond donors (Lipinski definition) is 2. The number of piperazine rings is 1. The van der Waals surface area contributed by atoms with E-state index in [9.17, 15) is 5.11 Å². The second kappa shape index (κ2) is 6.69. The van der Waals surface area contributed by atoms with Crippen LogP contribution in [0.4, 0.5) is 5.69 Å². The zero-order chi connectivity index (χ0) is 19.3. The van der Waals surface area contributed by atoms with Crippen LogP contribution in [0.15, 0.2) is 52.9 Å². The summed E-state index contributed by atoms with van der Waals surface area (Å²) in [5.41, 5.74) is 3.50. The molecule has 0 amide bonds. The summed E-state index contributed by atoms with van der Waals surface area (Å²) in [7, 11) is 0. The monoisotopic (exact) mass is 376 g/mol. The molecule has 144 valence electrons. The highest BCUT2D eigenvalue weighted by molar-refractivity contribution is 5.89. The molecule has 3 heterocycles. The predicted molar refractivity (Wildman–Crippen MR) is 111 cm³/mol. The number of hydrogen-bond acceptors (Lipinski definition) is 5. The number of para-hydroxylation sites is 1. The van der Waals surface area contributed by atoms with Gasteiger partial charge in [0.1, 0.15) is 17.1 Å². The maximum atomic E-state index is 10.6. The van der Waals surface area contributed by atoms with Gasteiger partial charge in [0.05, 0.1) is 5.57 Å². The Morgan fingerprint density at radius 3 is 2.61 bits per heavy atom. The molecule has 0 radical (unpaired) electrons. The summed E-state index contributed by atoms with van der Waals surface area (Å²) in [6.07, 6.45) is 0.901. The highest BCUT2D eigenvalue weighted by atomic mass is 16.6. The molecule has 1 fully saturated rings. The third-order valence-electron chi connectivity index (χ3n) is 5.45. The first kappa shape index (κ1) is 17.3. The highest BCUT2D eigenvalue weighted by Crippen LogP contribution is 2.37. The van der Waals surface area contributed by atoms with E-state index in [0.29, 0.717) is 29.2 Å². The first-order chi connectivity index (χ1) is 13.6. The summed E-state index contributed by atoms with van der Waals surface area (Å²) in [5, 5.41) is 15.2. The molecule has 1 saturated heterocycles. The molecular formula is C23H24N2O3. The molecule has 0 bridgehead atoms. The van der Waals surface area contributed by atoms with E-state index in [0.717, 1.165) is 35.3 Å². The Bertz CT molecular complexity index is 1010. The lowest BCUT2D eigenvalue weighted by Gasteiger charge is -2.38. The van der Waals surface area contributed by atoms with E-state index >= 15 is 0 Å². The van der Waals surface area contributed by atoms with Crippen molar-refractivity contribution in [2.45, 2.75) is 32.2 Å². The van der Waals surface area contributed by atoms with Crippen molar-refractivity contribution in [1.29, 1.82) is 0 Å². The largest absolute Gasteiger partial charge is 0.460 e. The molecule has 3 atom stereocenters. The summed E-state index contributed by atoms with van der Waals surface area (Å²) in [5.74, 6) is 1.33. The zero-order valence-electron chi connectivity index (χ0n) is 16.1. The number of benzene rings is 2. The summed E-state index contributed by atoms with van der Waals surface area (Å²) in [4.78, 5) is 2.36. The van der Waals surface area contributed by atoms with Crippen molar-refractivity contribution in [2.24, 2.45) is 0 Å². The van der Waals surface area contributed by atoms with Crippen molar-refractivity contribution in [1.82, 2.24) is 5.32 Å². The molecule has 28 heavy (non-hydrogen) atoms. The number of fused-ring (bicyclic) bond motifs is 2. The van der Waals surface area contributed by atoms with Crippen LogP contribution in [0.2, 0.25) is 0 Å². The van der Waals surface area contributed by atoms with Gasteiger partial charge in [0.25, 0.3) is 0 Å². The van der Waals surface area contributed by atoms with E-state index in [1.165, 1.54) is 0 Å². The molecule has 5 heteroatoms. The standard InChI is InChI=1S/C23H24N2O3/c1-14-12-25(13-15(2)24-14)18-8-7-17-9-19(23(26)28-21(17)11-18)22-10-16-5-3-4-6-20(16)27-22/h3-11,14-15,23-24,26H,12-13H2,1-2H3. The molecule has 3 unspecified atom stereocenters. The molecule has 2 N–H and O–H groups in total. The minimum atomic E-state index is -1.05. The molecule has 2 aromatic carbocycles. The maximum Gasteiger partial charge on any atom is 0.227 e. The Morgan fingerprint density at radius 2 is 1.82 bits per heavy atom. The summed E-state index contributed by atoms with van der Waals surface area (Å²) < 4.78 is 11.8. The van der Waals surface area contributed by atoms with Crippen LogP contribution < -0.4 is 15.0 Å². The van der Waals surface area contributed by atoms with Gasteiger partial charge in [0.15, 0.2) is 0 Å². The van der Waals surface area contributed by atoms with E-state index in [4.69, 9.17) is 9.15 Å². The molecule has 1 aromatic heterocycles. The van der Waals surface area contributed by atoms with Crippen molar-refractivity contribution in [3.63, 3.8) is 0 Å². The SMILES string of the molecule is CC1CN(c2ccc3c(c2)OC(O)C(c2cc4ccccc4o2)=C3)CC(C)N1. The third kappa shape index (κ3) is 3.07. The maximum absolute atomic E-state index is 10.6. The zero-order valence-corrected chi connectivity index (χ0v) is 16.1. The van der Waals surface area contributed by atoms with Gasteiger partial charge in [-0.05, 0) is 44.2 Å². The lowest BCUT2D eigenvalue weighted by molar-refractivity contribution is 0.0309. The van der Waals surface area contributed by atoms with Gasteiger partial charge in [-0.2, -0.15) is 0 Å². The first-order valence-corrected chi connectivity index (χ1v) is 9.77. The number of aliphatic hydroxyl groups is 1. The normalized spacial score (nSPS) is 24.6. The van der Waals surface area contributed by atoms with Gasteiger partial charge in [-0.25, -0.2) is 0 Å². The van der Waals surface area contributed by atoms with E-state index in [1.54, 1.807) is 0 Å². The molecule has 2 aliphatic rings. The van der Waals surface area contributed by atoms with E-state index in [1.807, 2.05) is 42.5 Å². The Labute approximate surface area is 164 Å². The van der Waals surface area contributed by atoms with Crippen molar-refractivity contribution >= 4 is 28.3 Å². The molecule has 0 saturated carbocycles. The fourth-order valence-corrected chi connectivity index (χ4v) is 4.22. The average Bonchev–Trinajstić information content (AvgIpc) is 3.10. The Balaban J connectivity index is 1.48. The minimum absolute atomic E-state index is 0.436. The number of aliphatic hydroxyl groups excluding tert-OH is 1. The number of nitrogens with zero attached hydrogens (tertiary/aromatic N) is 1. The van der Waals surface area contributed by atoms with Gasteiger partial charge >= 0.3 is 0 Å². The van der Waals surface area contributed by atoms with E-state index in [-0.39, 0.29) is 0 Å². The smallest absolute Gasteiger partial charge is 0.227 e. The lowest BCUT2D eigenvalue weighted by Crippen LogP contribution is -2.54. The van der Waals surface area contributed by atoms with Crippen LogP contribution in [-0.4, -0.2) is 36.6 Å². The topological polar surface area (TPSA) is 57.9 Å². The van der Waals surface area contributed by atoms with Crippen molar-refractivity contribution in [2.75, 3.05) is 18.0 Å². The summed E-state index contributed by atoms with van der Waals surface area (Å²) in [6, 6.07) is 16.8. The second-order valence-corrected chi connectivity index (χ2v) is 7.81. The molecule has 5 nitrogen and oxygen atoms in total. The van der Waals surface area contributed by atoms with Crippen LogP contribution in [0.5, 0.6) is 5.75 Å². The number of furan rings is 1. The van der Waals surface area contributed by atoms with Crippen LogP contribution >= 0.6 is 0 Å². The van der Waals surface area contributed by atoms with Crippen LogP contribution in [0.1, 0.15) is 25.2 Å². The van der Waals surface area contributed by atoms with Gasteiger partial charge < -0.3 is 24.5 Å². The predicted octanol–water partition coefficient (Wildman–Crippen LogP) is 3.87. The van der Waals surface area contributed by atoms with E-state index in [2.05, 4.69) is 36.2 Å². The molecule has 3 aromatic rings. The van der Waals surface area contributed by atoms with E-state index < -0.39 is 6.29 Å². The molecule has 2 aliphatic heterocycles. The summed E-state index contributed by atoms with van der Waals surface area (Å²) in [6.45, 7) is 6.30. The lowest BCUT2D eigenvalue weighted by atomic mass is 10.0. The van der Waals surface area contributed by atoms with Gasteiger partial charge in [0.2, 0.25) is 6.29 Å². The quantitative estimate of drug-likeness (QED) is 0.711. The van der Waals surface area contributed by atoms with Crippen LogP contribution in [0.3, 0.4) is 0 Å². The Kier molecular flexibility index (Phi) is 4.14. The summed E-state index contributed by atoms with van der Waals surface area (Å²) >= 11 is 0. The van der Waals surface area contributed by atoms with Gasteiger partial charge in [-0.15, -0.1) is 0 Å². The van der Waals surface area contributed by atoms with Crippen LogP contribution in [0.25, 0.3) is 22.6 Å². The molecule has 0 spiro atoms. The first-order valence-electron chi connectivity index (χ1n) is 9.77. The number of ether oxygens (including phenoxy) is 1. The average molecular weight is 376 g/mol. The van der Waals surface area contributed by atoms with Crippen molar-refractivity contribution in [3.8, 4) is 5.75 Å². The Hall–Kier alpha value is -2.76. The number of rotatable bonds is 2. The van der Waals surface area contributed by atoms with Gasteiger partial charge in [0, 0.05) is 47.9 Å².